The number of aromatic nitrogens is 2. The molecule has 0 unspecified atom stereocenters. The first kappa shape index (κ1) is 17.2. The van der Waals surface area contributed by atoms with Gasteiger partial charge in [0.05, 0.1) is 11.9 Å². The van der Waals surface area contributed by atoms with Gasteiger partial charge in [0, 0.05) is 0 Å². The minimum absolute atomic E-state index is 0.101. The molecule has 0 N–H and O–H groups in total. The molecule has 1 aromatic heterocycles. The van der Waals surface area contributed by atoms with E-state index in [-0.39, 0.29) is 5.56 Å². The van der Waals surface area contributed by atoms with Crippen LogP contribution in [0.4, 0.5) is 13.2 Å². The van der Waals surface area contributed by atoms with Crippen molar-refractivity contribution < 1.29 is 13.2 Å². The Hall–Kier alpha value is -1.78. The second kappa shape index (κ2) is 7.61. The van der Waals surface area contributed by atoms with Crippen molar-refractivity contribution in [2.24, 2.45) is 0 Å². The van der Waals surface area contributed by atoms with Gasteiger partial charge in [0.2, 0.25) is 0 Å². The lowest BCUT2D eigenvalue weighted by atomic mass is 10.2. The Kier molecular flexibility index (Phi) is 6.90. The number of rotatable bonds is 3. The average Bonchev–Trinajstić information content (AvgIpc) is 2.75. The minimum atomic E-state index is -4.42. The van der Waals surface area contributed by atoms with E-state index in [2.05, 4.69) is 11.7 Å². The molecule has 0 saturated carbocycles. The number of allylic oxidation sites excluding steroid dienone is 5. The summed E-state index contributed by atoms with van der Waals surface area (Å²) in [7, 11) is 0. The van der Waals surface area contributed by atoms with Crippen LogP contribution < -0.4 is 0 Å². The van der Waals surface area contributed by atoms with Gasteiger partial charge in [0.15, 0.2) is 5.69 Å². The lowest BCUT2D eigenvalue weighted by molar-refractivity contribution is -0.143. The summed E-state index contributed by atoms with van der Waals surface area (Å²) in [5, 5.41) is 3.75. The van der Waals surface area contributed by atoms with Gasteiger partial charge < -0.3 is 0 Å². The van der Waals surface area contributed by atoms with E-state index >= 15 is 0 Å². The van der Waals surface area contributed by atoms with Gasteiger partial charge in [-0.15, -0.1) is 0 Å². The van der Waals surface area contributed by atoms with Crippen LogP contribution in [0.15, 0.2) is 37.1 Å². The summed E-state index contributed by atoms with van der Waals surface area (Å²) in [6, 6.07) is 0. The molecule has 0 aliphatic heterocycles. The number of hydrogen-bond acceptors (Lipinski definition) is 1. The molecular formula is C14H19F3N2. The van der Waals surface area contributed by atoms with Crippen LogP contribution in [0.2, 0.25) is 0 Å². The Morgan fingerprint density at radius 2 is 1.95 bits per heavy atom. The Morgan fingerprint density at radius 3 is 2.37 bits per heavy atom. The highest BCUT2D eigenvalue weighted by molar-refractivity contribution is 5.58. The number of halogens is 3. The molecule has 1 rings (SSSR count). The predicted molar refractivity (Wildman–Crippen MR) is 72.6 cm³/mol. The number of aryl methyl sites for hydroxylation is 1. The van der Waals surface area contributed by atoms with E-state index in [0.29, 0.717) is 5.70 Å². The molecule has 1 heterocycles. The van der Waals surface area contributed by atoms with E-state index in [0.717, 1.165) is 4.68 Å². The first-order valence-corrected chi connectivity index (χ1v) is 5.99. The zero-order chi connectivity index (χ0) is 15.1. The molecule has 0 atom stereocenters. The summed E-state index contributed by atoms with van der Waals surface area (Å²) < 4.78 is 39.4. The van der Waals surface area contributed by atoms with Gasteiger partial charge >= 0.3 is 6.18 Å². The third-order valence-corrected chi connectivity index (χ3v) is 2.16. The molecule has 19 heavy (non-hydrogen) atoms. The van der Waals surface area contributed by atoms with Crippen LogP contribution in [0, 0.1) is 6.92 Å². The molecule has 0 fully saturated rings. The number of nitrogens with zero attached hydrogens (tertiary/aromatic N) is 2. The lowest BCUT2D eigenvalue weighted by Crippen LogP contribution is -2.15. The molecule has 0 spiro atoms. The van der Waals surface area contributed by atoms with Crippen molar-refractivity contribution in [3.05, 3.63) is 48.3 Å². The fourth-order valence-electron chi connectivity index (χ4n) is 1.43. The smallest absolute Gasteiger partial charge is 0.229 e. The van der Waals surface area contributed by atoms with Crippen molar-refractivity contribution >= 4 is 5.70 Å². The van der Waals surface area contributed by atoms with Crippen molar-refractivity contribution in [2.75, 3.05) is 0 Å². The summed E-state index contributed by atoms with van der Waals surface area (Å²) in [6.07, 6.45) is 2.92. The first-order valence-electron chi connectivity index (χ1n) is 5.99. The third kappa shape index (κ3) is 4.43. The second-order valence-corrected chi connectivity index (χ2v) is 3.39. The summed E-state index contributed by atoms with van der Waals surface area (Å²) in [5.74, 6) is 0. The molecule has 2 nitrogen and oxygen atoms in total. The fraction of sp³-hybridized carbons (Fsp3) is 0.357. The minimum Gasteiger partial charge on any atom is -0.229 e. The molecule has 0 aromatic carbocycles. The summed E-state index contributed by atoms with van der Waals surface area (Å²) in [4.78, 5) is 0. The summed E-state index contributed by atoms with van der Waals surface area (Å²) in [5.41, 5.74) is -0.298. The molecule has 0 aliphatic rings. The van der Waals surface area contributed by atoms with E-state index in [1.165, 1.54) is 25.3 Å². The largest absolute Gasteiger partial charge is 0.433 e. The molecule has 0 bridgehead atoms. The Labute approximate surface area is 111 Å². The molecule has 0 amide bonds. The van der Waals surface area contributed by atoms with E-state index in [1.54, 1.807) is 19.1 Å². The topological polar surface area (TPSA) is 17.8 Å². The zero-order valence-electron chi connectivity index (χ0n) is 11.6. The average molecular weight is 272 g/mol. The van der Waals surface area contributed by atoms with Crippen LogP contribution in [0.1, 0.15) is 32.0 Å². The van der Waals surface area contributed by atoms with Crippen LogP contribution in [-0.4, -0.2) is 9.78 Å². The van der Waals surface area contributed by atoms with Crippen LogP contribution in [0.25, 0.3) is 5.70 Å². The van der Waals surface area contributed by atoms with Gasteiger partial charge in [-0.05, 0) is 25.5 Å². The number of hydrogen-bond donors (Lipinski definition) is 0. The van der Waals surface area contributed by atoms with Gasteiger partial charge in [-0.3, -0.25) is 0 Å². The molecule has 5 heteroatoms. The van der Waals surface area contributed by atoms with Crippen LogP contribution in [-0.2, 0) is 6.18 Å². The predicted octanol–water partition coefficient (Wildman–Crippen LogP) is 4.84. The molecule has 0 saturated heterocycles. The maximum absolute atomic E-state index is 12.8. The summed E-state index contributed by atoms with van der Waals surface area (Å²) in [6.45, 7) is 10.5. The van der Waals surface area contributed by atoms with Gasteiger partial charge in [-0.25, -0.2) is 4.68 Å². The highest BCUT2D eigenvalue weighted by Gasteiger charge is 2.37. The molecule has 0 aliphatic carbocycles. The van der Waals surface area contributed by atoms with Crippen molar-refractivity contribution in [1.82, 2.24) is 9.78 Å². The summed E-state index contributed by atoms with van der Waals surface area (Å²) >= 11 is 0. The molecular weight excluding hydrogens is 253 g/mol. The monoisotopic (exact) mass is 272 g/mol. The molecule has 1 aromatic rings. The van der Waals surface area contributed by atoms with E-state index in [9.17, 15) is 13.2 Å². The van der Waals surface area contributed by atoms with Gasteiger partial charge in [0.1, 0.15) is 0 Å². The van der Waals surface area contributed by atoms with E-state index in [4.69, 9.17) is 0 Å². The van der Waals surface area contributed by atoms with E-state index < -0.39 is 11.9 Å². The van der Waals surface area contributed by atoms with E-state index in [1.807, 2.05) is 13.8 Å². The third-order valence-electron chi connectivity index (χ3n) is 2.16. The Morgan fingerprint density at radius 1 is 1.37 bits per heavy atom. The SMILES string of the molecule is C=C/C=C\C(=C/C)n1ncc(C)c1C(F)(F)F.CC. The Balaban J connectivity index is 0.00000154. The fourth-order valence-corrected chi connectivity index (χ4v) is 1.43. The quantitative estimate of drug-likeness (QED) is 0.720. The number of alkyl halides is 3. The zero-order valence-corrected chi connectivity index (χ0v) is 11.6. The highest BCUT2D eigenvalue weighted by Crippen LogP contribution is 2.33. The standard InChI is InChI=1S/C12H13F3N2.C2H6/c1-4-6-7-10(5-2)17-11(12(13,14)15)9(3)8-16-17;1-2/h4-8H,1H2,2-3H3;1-2H3/b7-6-,10-5+;. The molecule has 0 radical (unpaired) electrons. The van der Waals surface area contributed by atoms with Crippen LogP contribution in [0.5, 0.6) is 0 Å². The van der Waals surface area contributed by atoms with Gasteiger partial charge in [-0.1, -0.05) is 38.7 Å². The highest BCUT2D eigenvalue weighted by atomic mass is 19.4. The van der Waals surface area contributed by atoms with Crippen LogP contribution >= 0.6 is 0 Å². The van der Waals surface area contributed by atoms with Gasteiger partial charge in [0.25, 0.3) is 0 Å². The van der Waals surface area contributed by atoms with Crippen molar-refractivity contribution in [3.63, 3.8) is 0 Å². The molecule has 106 valence electrons. The maximum atomic E-state index is 12.8. The maximum Gasteiger partial charge on any atom is 0.433 e. The lowest BCUT2D eigenvalue weighted by Gasteiger charge is -2.11. The van der Waals surface area contributed by atoms with Crippen molar-refractivity contribution in [1.29, 1.82) is 0 Å². The Bertz CT molecular complexity index is 466. The normalized spacial score (nSPS) is 12.3. The van der Waals surface area contributed by atoms with Gasteiger partial charge in [-0.2, -0.15) is 18.3 Å². The van der Waals surface area contributed by atoms with Crippen molar-refractivity contribution in [2.45, 2.75) is 33.9 Å². The van der Waals surface area contributed by atoms with Crippen molar-refractivity contribution in [3.8, 4) is 0 Å². The first-order chi connectivity index (χ1) is 8.91. The second-order valence-electron chi connectivity index (χ2n) is 3.39. The van der Waals surface area contributed by atoms with Crippen LogP contribution in [0.3, 0.4) is 0 Å².